The van der Waals surface area contributed by atoms with E-state index >= 15 is 0 Å². The monoisotopic (exact) mass is 430 g/mol. The third kappa shape index (κ3) is 5.03. The van der Waals surface area contributed by atoms with Gasteiger partial charge in [0.25, 0.3) is 0 Å². The molecule has 1 aliphatic heterocycles. The molecule has 3 rings (SSSR count). The molecule has 0 radical (unpaired) electrons. The Balaban J connectivity index is 1.56. The third-order valence-electron chi connectivity index (χ3n) is 3.45. The van der Waals surface area contributed by atoms with Crippen molar-refractivity contribution in [2.75, 3.05) is 5.32 Å². The summed E-state index contributed by atoms with van der Waals surface area (Å²) in [4.78, 5) is 24.2. The number of amides is 2. The molecule has 8 heteroatoms. The smallest absolute Gasteiger partial charge is 0.240 e. The van der Waals surface area contributed by atoms with Crippen molar-refractivity contribution in [3.05, 3.63) is 64.6 Å². The van der Waals surface area contributed by atoms with Gasteiger partial charge >= 0.3 is 0 Å². The average Bonchev–Trinajstić information content (AvgIpc) is 2.97. The summed E-state index contributed by atoms with van der Waals surface area (Å²) in [7, 11) is 0. The molecule has 1 saturated heterocycles. The molecule has 0 aliphatic carbocycles. The number of anilines is 1. The minimum atomic E-state index is -0.525. The lowest BCUT2D eigenvalue weighted by Gasteiger charge is -2.08. The van der Waals surface area contributed by atoms with Crippen LogP contribution in [0.5, 0.6) is 0 Å². The van der Waals surface area contributed by atoms with Gasteiger partial charge in [0.05, 0.1) is 11.9 Å². The zero-order valence-corrected chi connectivity index (χ0v) is 16.0. The summed E-state index contributed by atoms with van der Waals surface area (Å²) in [5.74, 6) is -0.482. The SMILES string of the molecule is O=C(CC1S/C(=N\N=C/c2ccccc2)NC1=O)Nc1ccccc1Br. The largest absolute Gasteiger partial charge is 0.325 e. The van der Waals surface area contributed by atoms with Gasteiger partial charge in [-0.25, -0.2) is 0 Å². The fourth-order valence-electron chi connectivity index (χ4n) is 2.21. The van der Waals surface area contributed by atoms with Crippen LogP contribution in [0.1, 0.15) is 12.0 Å². The maximum absolute atomic E-state index is 12.2. The molecule has 1 aliphatic rings. The Morgan fingerprint density at radius 3 is 2.69 bits per heavy atom. The maximum atomic E-state index is 12.2. The van der Waals surface area contributed by atoms with E-state index in [2.05, 4.69) is 36.8 Å². The van der Waals surface area contributed by atoms with E-state index in [1.54, 1.807) is 12.3 Å². The van der Waals surface area contributed by atoms with Gasteiger partial charge in [-0.3, -0.25) is 9.59 Å². The predicted molar refractivity (Wildman–Crippen MR) is 108 cm³/mol. The van der Waals surface area contributed by atoms with E-state index in [0.717, 1.165) is 10.0 Å². The van der Waals surface area contributed by atoms with Gasteiger partial charge in [0, 0.05) is 10.9 Å². The molecule has 0 aromatic heterocycles. The minimum absolute atomic E-state index is 0.0548. The van der Waals surface area contributed by atoms with Gasteiger partial charge in [0.2, 0.25) is 11.8 Å². The van der Waals surface area contributed by atoms with Crippen LogP contribution in [0.25, 0.3) is 0 Å². The number of carbonyl (C=O) groups excluding carboxylic acids is 2. The van der Waals surface area contributed by atoms with Crippen LogP contribution in [0.2, 0.25) is 0 Å². The van der Waals surface area contributed by atoms with Crippen LogP contribution in [0, 0.1) is 0 Å². The number of thioether (sulfide) groups is 1. The summed E-state index contributed by atoms with van der Waals surface area (Å²) < 4.78 is 0.786. The van der Waals surface area contributed by atoms with Gasteiger partial charge in [-0.2, -0.15) is 5.10 Å². The molecular weight excluding hydrogens is 416 g/mol. The number of halogens is 1. The topological polar surface area (TPSA) is 82.9 Å². The Kier molecular flexibility index (Phi) is 6.19. The van der Waals surface area contributed by atoms with E-state index < -0.39 is 5.25 Å². The second-order valence-corrected chi connectivity index (χ2v) is 7.43. The molecule has 0 spiro atoms. The molecule has 26 heavy (non-hydrogen) atoms. The van der Waals surface area contributed by atoms with Crippen LogP contribution in [0.3, 0.4) is 0 Å². The van der Waals surface area contributed by atoms with Crippen LogP contribution in [0.15, 0.2) is 69.3 Å². The number of hydrogen-bond acceptors (Lipinski definition) is 5. The standard InChI is InChI=1S/C18H15BrN4O2S/c19-13-8-4-5-9-14(13)21-16(24)10-15-17(25)22-18(26-15)23-20-11-12-6-2-1-3-7-12/h1-9,11,15H,10H2,(H,21,24)(H,22,23,25)/b20-11-. The van der Waals surface area contributed by atoms with Crippen molar-refractivity contribution in [1.82, 2.24) is 5.32 Å². The van der Waals surface area contributed by atoms with Gasteiger partial charge in [-0.05, 0) is 33.6 Å². The Bertz CT molecular complexity index is 871. The summed E-state index contributed by atoms with van der Waals surface area (Å²) in [6.07, 6.45) is 1.66. The quantitative estimate of drug-likeness (QED) is 0.563. The Hall–Kier alpha value is -2.45. The number of benzene rings is 2. The summed E-state index contributed by atoms with van der Waals surface area (Å²) in [6, 6.07) is 16.8. The van der Waals surface area contributed by atoms with Crippen molar-refractivity contribution < 1.29 is 9.59 Å². The molecule has 2 amide bonds. The van der Waals surface area contributed by atoms with Crippen molar-refractivity contribution >= 4 is 56.6 Å². The zero-order chi connectivity index (χ0) is 18.4. The van der Waals surface area contributed by atoms with E-state index in [1.165, 1.54) is 11.8 Å². The second kappa shape index (κ2) is 8.77. The lowest BCUT2D eigenvalue weighted by Crippen LogP contribution is -2.28. The Morgan fingerprint density at radius 2 is 1.92 bits per heavy atom. The number of rotatable bonds is 5. The van der Waals surface area contributed by atoms with Crippen LogP contribution >= 0.6 is 27.7 Å². The van der Waals surface area contributed by atoms with E-state index in [-0.39, 0.29) is 18.2 Å². The minimum Gasteiger partial charge on any atom is -0.325 e. The Morgan fingerprint density at radius 1 is 1.19 bits per heavy atom. The molecule has 132 valence electrons. The number of hydrogen-bond donors (Lipinski definition) is 2. The van der Waals surface area contributed by atoms with Crippen LogP contribution in [-0.2, 0) is 9.59 Å². The highest BCUT2D eigenvalue weighted by atomic mass is 79.9. The van der Waals surface area contributed by atoms with E-state index in [0.29, 0.717) is 10.9 Å². The van der Waals surface area contributed by atoms with Gasteiger partial charge in [-0.1, -0.05) is 54.2 Å². The number of nitrogens with one attached hydrogen (secondary N) is 2. The highest BCUT2D eigenvalue weighted by Crippen LogP contribution is 2.25. The molecule has 6 nitrogen and oxygen atoms in total. The molecule has 1 unspecified atom stereocenters. The molecule has 2 aromatic carbocycles. The summed E-state index contributed by atoms with van der Waals surface area (Å²) in [5, 5.41) is 13.3. The van der Waals surface area contributed by atoms with Gasteiger partial charge in [-0.15, -0.1) is 5.10 Å². The van der Waals surface area contributed by atoms with Gasteiger partial charge in [0.1, 0.15) is 5.25 Å². The number of nitrogens with zero attached hydrogens (tertiary/aromatic N) is 2. The average molecular weight is 431 g/mol. The summed E-state index contributed by atoms with van der Waals surface area (Å²) in [6.45, 7) is 0. The molecule has 1 atom stereocenters. The molecule has 0 saturated carbocycles. The van der Waals surface area contributed by atoms with Gasteiger partial charge in [0.15, 0.2) is 5.17 Å². The molecule has 2 aromatic rings. The first-order valence-electron chi connectivity index (χ1n) is 7.80. The zero-order valence-electron chi connectivity index (χ0n) is 13.6. The molecule has 0 bridgehead atoms. The fraction of sp³-hybridized carbons (Fsp3) is 0.111. The summed E-state index contributed by atoms with van der Waals surface area (Å²) >= 11 is 4.57. The first-order chi connectivity index (χ1) is 12.6. The normalized spacial score (nSPS) is 18.3. The van der Waals surface area contributed by atoms with Crippen molar-refractivity contribution in [3.8, 4) is 0 Å². The number of carbonyl (C=O) groups is 2. The van der Waals surface area contributed by atoms with Crippen LogP contribution in [0.4, 0.5) is 5.69 Å². The van der Waals surface area contributed by atoms with E-state index in [1.807, 2.05) is 48.5 Å². The summed E-state index contributed by atoms with van der Waals surface area (Å²) in [5.41, 5.74) is 1.58. The highest BCUT2D eigenvalue weighted by Gasteiger charge is 2.32. The predicted octanol–water partition coefficient (Wildman–Crippen LogP) is 3.40. The first kappa shape index (κ1) is 18.3. The first-order valence-corrected chi connectivity index (χ1v) is 9.47. The van der Waals surface area contributed by atoms with Crippen LogP contribution in [-0.4, -0.2) is 28.4 Å². The lowest BCUT2D eigenvalue weighted by molar-refractivity contribution is -0.122. The van der Waals surface area contributed by atoms with Crippen molar-refractivity contribution in [2.45, 2.75) is 11.7 Å². The number of amidine groups is 1. The van der Waals surface area contributed by atoms with Crippen molar-refractivity contribution in [3.63, 3.8) is 0 Å². The molecule has 1 fully saturated rings. The fourth-order valence-corrected chi connectivity index (χ4v) is 3.51. The van der Waals surface area contributed by atoms with Crippen molar-refractivity contribution in [1.29, 1.82) is 0 Å². The number of para-hydroxylation sites is 1. The highest BCUT2D eigenvalue weighted by molar-refractivity contribution is 9.10. The Labute approximate surface area is 163 Å². The van der Waals surface area contributed by atoms with E-state index in [9.17, 15) is 9.59 Å². The lowest BCUT2D eigenvalue weighted by atomic mass is 10.2. The maximum Gasteiger partial charge on any atom is 0.240 e. The third-order valence-corrected chi connectivity index (χ3v) is 5.21. The van der Waals surface area contributed by atoms with Gasteiger partial charge < -0.3 is 10.6 Å². The van der Waals surface area contributed by atoms with Crippen LogP contribution < -0.4 is 10.6 Å². The second-order valence-electron chi connectivity index (χ2n) is 5.39. The van der Waals surface area contributed by atoms with Crippen molar-refractivity contribution in [2.24, 2.45) is 10.2 Å². The van der Waals surface area contributed by atoms with E-state index in [4.69, 9.17) is 0 Å². The molecular formula is C18H15BrN4O2S. The molecule has 1 heterocycles. The molecule has 2 N–H and O–H groups in total.